The first-order valence-electron chi connectivity index (χ1n) is 3.63. The summed E-state index contributed by atoms with van der Waals surface area (Å²) in [5.41, 5.74) is 1.31. The van der Waals surface area contributed by atoms with Crippen LogP contribution in [0, 0.1) is 0 Å². The van der Waals surface area contributed by atoms with Crippen molar-refractivity contribution in [2.75, 3.05) is 0 Å². The number of carbonyl (C=O) groups excluding carboxylic acids is 2. The molecular formula is C10H12O2. The van der Waals surface area contributed by atoms with Crippen molar-refractivity contribution in [3.63, 3.8) is 0 Å². The molecule has 0 aliphatic rings. The average molecular weight is 165 g/mol. The zero-order chi connectivity index (χ0) is 9.40. The predicted molar refractivity (Wildman–Crippen MR) is 48.8 cm³/mol. The number of carbonyl (C=O) groups is 2. The molecular weight excluding hydrogens is 153 g/mol. The molecule has 64 valence electrons. The van der Waals surface area contributed by atoms with E-state index < -0.39 is 0 Å². The molecule has 0 saturated heterocycles. The van der Waals surface area contributed by atoms with Gasteiger partial charge in [0, 0.05) is 0 Å². The van der Waals surface area contributed by atoms with Crippen LogP contribution in [0.3, 0.4) is 0 Å². The summed E-state index contributed by atoms with van der Waals surface area (Å²) in [6.45, 7) is 3.43. The second kappa shape index (κ2) is 6.28. The molecule has 0 unspecified atom stereocenters. The number of aldehydes is 2. The van der Waals surface area contributed by atoms with Gasteiger partial charge in [0.1, 0.15) is 12.6 Å². The lowest BCUT2D eigenvalue weighted by molar-refractivity contribution is -0.105. The summed E-state index contributed by atoms with van der Waals surface area (Å²) in [5.74, 6) is 0. The van der Waals surface area contributed by atoms with Crippen molar-refractivity contribution in [1.29, 1.82) is 0 Å². The number of hydrogen-bond donors (Lipinski definition) is 0. The lowest BCUT2D eigenvalue weighted by Gasteiger charge is -1.81. The SMILES string of the molecule is CC(C=O)=CC=CC=C(C)[13CH]=O. The van der Waals surface area contributed by atoms with Gasteiger partial charge >= 0.3 is 0 Å². The molecule has 0 amide bonds. The fraction of sp³-hybridized carbons (Fsp3) is 0.200. The van der Waals surface area contributed by atoms with Crippen molar-refractivity contribution < 1.29 is 9.59 Å². The highest BCUT2D eigenvalue weighted by atomic mass is 16.2. The van der Waals surface area contributed by atoms with Crippen LogP contribution in [0.1, 0.15) is 13.8 Å². The minimum atomic E-state index is 0.656. The molecule has 0 aliphatic heterocycles. The first-order valence-corrected chi connectivity index (χ1v) is 3.63. The zero-order valence-electron chi connectivity index (χ0n) is 7.28. The summed E-state index contributed by atoms with van der Waals surface area (Å²) < 4.78 is 0. The fourth-order valence-corrected chi connectivity index (χ4v) is 0.493. The third kappa shape index (κ3) is 5.35. The van der Waals surface area contributed by atoms with Crippen molar-refractivity contribution in [3.05, 3.63) is 35.5 Å². The maximum absolute atomic E-state index is 10.1. The molecule has 0 N–H and O–H groups in total. The van der Waals surface area contributed by atoms with Crippen LogP contribution in [-0.2, 0) is 9.59 Å². The summed E-state index contributed by atoms with van der Waals surface area (Å²) >= 11 is 0. The molecule has 0 aromatic heterocycles. The van der Waals surface area contributed by atoms with Crippen LogP contribution in [-0.4, -0.2) is 12.6 Å². The van der Waals surface area contributed by atoms with Gasteiger partial charge in [-0.25, -0.2) is 0 Å². The maximum atomic E-state index is 10.1. The normalized spacial score (nSPS) is 13.5. The lowest BCUT2D eigenvalue weighted by Crippen LogP contribution is -1.73. The minimum Gasteiger partial charge on any atom is -0.298 e. The quantitative estimate of drug-likeness (QED) is 0.275. The summed E-state index contributed by atoms with van der Waals surface area (Å²) in [5, 5.41) is 0. The second-order valence-corrected chi connectivity index (χ2v) is 2.44. The lowest BCUT2D eigenvalue weighted by atomic mass is 10.3. The zero-order valence-corrected chi connectivity index (χ0v) is 7.28. The van der Waals surface area contributed by atoms with E-state index in [4.69, 9.17) is 0 Å². The van der Waals surface area contributed by atoms with E-state index in [0.29, 0.717) is 11.1 Å². The van der Waals surface area contributed by atoms with Crippen LogP contribution >= 0.6 is 0 Å². The van der Waals surface area contributed by atoms with E-state index in [9.17, 15) is 9.59 Å². The Morgan fingerprint density at radius 1 is 0.833 bits per heavy atom. The second-order valence-electron chi connectivity index (χ2n) is 2.44. The Morgan fingerprint density at radius 3 is 1.42 bits per heavy atom. The number of allylic oxidation sites excluding steroid dienone is 6. The van der Waals surface area contributed by atoms with Crippen LogP contribution < -0.4 is 0 Å². The minimum absolute atomic E-state index is 0.656. The van der Waals surface area contributed by atoms with Crippen molar-refractivity contribution >= 4 is 12.6 Å². The van der Waals surface area contributed by atoms with Crippen molar-refractivity contribution in [3.8, 4) is 0 Å². The van der Waals surface area contributed by atoms with E-state index in [0.717, 1.165) is 12.6 Å². The van der Waals surface area contributed by atoms with Crippen LogP contribution in [0.5, 0.6) is 0 Å². The summed E-state index contributed by atoms with van der Waals surface area (Å²) in [4.78, 5) is 20.2. The van der Waals surface area contributed by atoms with Gasteiger partial charge < -0.3 is 0 Å². The Morgan fingerprint density at radius 2 is 1.17 bits per heavy atom. The Bertz CT molecular complexity index is 219. The van der Waals surface area contributed by atoms with Gasteiger partial charge in [-0.2, -0.15) is 0 Å². The van der Waals surface area contributed by atoms with Gasteiger partial charge in [-0.15, -0.1) is 0 Å². The first-order chi connectivity index (χ1) is 5.70. The largest absolute Gasteiger partial charge is 0.298 e. The van der Waals surface area contributed by atoms with Crippen molar-refractivity contribution in [2.45, 2.75) is 13.8 Å². The van der Waals surface area contributed by atoms with Gasteiger partial charge in [0.2, 0.25) is 0 Å². The molecule has 2 nitrogen and oxygen atoms in total. The molecule has 0 atom stereocenters. The van der Waals surface area contributed by atoms with Crippen molar-refractivity contribution in [1.82, 2.24) is 0 Å². The van der Waals surface area contributed by atoms with E-state index >= 15 is 0 Å². The molecule has 0 fully saturated rings. The Hall–Kier alpha value is -1.44. The topological polar surface area (TPSA) is 34.1 Å². The molecule has 0 saturated carbocycles. The molecule has 0 aromatic rings. The van der Waals surface area contributed by atoms with Gasteiger partial charge in [0.05, 0.1) is 0 Å². The standard InChI is InChI=1S/C10H12O2/c1-9(7-11)5-3-4-6-10(2)8-12/h3-8H,1-2H3/i7+1. The highest BCUT2D eigenvalue weighted by molar-refractivity contribution is 5.73. The molecule has 0 radical (unpaired) electrons. The van der Waals surface area contributed by atoms with Crippen molar-refractivity contribution in [2.24, 2.45) is 0 Å². The van der Waals surface area contributed by atoms with Crippen LogP contribution in [0.2, 0.25) is 0 Å². The molecule has 0 bridgehead atoms. The van der Waals surface area contributed by atoms with E-state index in [2.05, 4.69) is 0 Å². The van der Waals surface area contributed by atoms with Gasteiger partial charge in [0.15, 0.2) is 0 Å². The highest BCUT2D eigenvalue weighted by Gasteiger charge is 1.79. The van der Waals surface area contributed by atoms with E-state index in [-0.39, 0.29) is 0 Å². The molecule has 2 heteroatoms. The molecule has 0 rings (SSSR count). The summed E-state index contributed by atoms with van der Waals surface area (Å²) in [6.07, 6.45) is 8.36. The number of rotatable bonds is 4. The molecule has 0 aromatic carbocycles. The monoisotopic (exact) mass is 165 g/mol. The third-order valence-electron chi connectivity index (χ3n) is 1.20. The van der Waals surface area contributed by atoms with E-state index in [1.807, 2.05) is 0 Å². The van der Waals surface area contributed by atoms with Crippen LogP contribution in [0.4, 0.5) is 0 Å². The van der Waals surface area contributed by atoms with Crippen LogP contribution in [0.25, 0.3) is 0 Å². The van der Waals surface area contributed by atoms with Gasteiger partial charge in [-0.05, 0) is 25.0 Å². The Kier molecular flexibility index (Phi) is 5.53. The molecule has 0 spiro atoms. The number of hydrogen-bond acceptors (Lipinski definition) is 2. The van der Waals surface area contributed by atoms with Gasteiger partial charge in [-0.3, -0.25) is 9.59 Å². The van der Waals surface area contributed by atoms with Gasteiger partial charge in [-0.1, -0.05) is 24.3 Å². The van der Waals surface area contributed by atoms with E-state index in [1.165, 1.54) is 0 Å². The van der Waals surface area contributed by atoms with Crippen LogP contribution in [0.15, 0.2) is 35.5 Å². The molecule has 12 heavy (non-hydrogen) atoms. The maximum Gasteiger partial charge on any atom is 0.145 e. The highest BCUT2D eigenvalue weighted by Crippen LogP contribution is 1.90. The first kappa shape index (κ1) is 10.6. The van der Waals surface area contributed by atoms with E-state index in [1.54, 1.807) is 38.2 Å². The molecule has 0 aliphatic carbocycles. The fourth-order valence-electron chi connectivity index (χ4n) is 0.493. The summed E-state index contributed by atoms with van der Waals surface area (Å²) in [7, 11) is 0. The third-order valence-corrected chi connectivity index (χ3v) is 1.20. The smallest absolute Gasteiger partial charge is 0.145 e. The Labute approximate surface area is 72.3 Å². The Balaban J connectivity index is 4.09. The predicted octanol–water partition coefficient (Wildman–Crippen LogP) is 1.83. The molecule has 0 heterocycles. The summed E-state index contributed by atoms with van der Waals surface area (Å²) in [6, 6.07) is 0. The average Bonchev–Trinajstić information content (AvgIpc) is 2.11. The van der Waals surface area contributed by atoms with Gasteiger partial charge in [0.25, 0.3) is 0 Å².